The molecule has 1 fully saturated rings. The number of aliphatic imine (C=N–C) groups is 3. The highest BCUT2D eigenvalue weighted by molar-refractivity contribution is 7.98. The SMILES string of the molecule is CSCC[C@H](NC(=O)[C@H](CO)NC(=O)[C@H](CCSC)NC(=O)[C@@H]1CCCN1C(=O)[C@@H](NC(=O)[C@H](CC(=O)O)NC(=O)[C@H](CCCN=C(N)N)NC(=O)[C@H](CS)NC(=O)CN)C(C)C)C(=O)N[C@@H](CCCN=C(N)N)C(=O)NCC(=O)NCC(=O)N[C@@H](CC(=O)O)C(=O)N[C@@H](CCCN=C(N)N)C(=O)N[C@@H](CS)C(=O)NCC(O)O. The van der Waals surface area contributed by atoms with Crippen molar-refractivity contribution in [2.45, 2.75) is 170 Å². The zero-order valence-electron chi connectivity index (χ0n) is 63.5. The zero-order valence-corrected chi connectivity index (χ0v) is 66.9. The Morgan fingerprint density at radius 2 is 0.816 bits per heavy atom. The van der Waals surface area contributed by atoms with Crippen LogP contribution in [0.5, 0.6) is 0 Å². The summed E-state index contributed by atoms with van der Waals surface area (Å²) in [5.41, 5.74) is 37.9. The first-order valence-electron chi connectivity index (χ1n) is 35.7. The maximum absolute atomic E-state index is 14.5. The third-order valence-corrected chi connectivity index (χ3v) is 18.3. The van der Waals surface area contributed by atoms with E-state index in [0.29, 0.717) is 0 Å². The van der Waals surface area contributed by atoms with Crippen LogP contribution in [0.25, 0.3) is 0 Å². The highest BCUT2D eigenvalue weighted by Gasteiger charge is 2.42. The molecule has 1 aliphatic heterocycles. The molecule has 47 nitrogen and oxygen atoms in total. The van der Waals surface area contributed by atoms with Crippen molar-refractivity contribution >= 4 is 167 Å². The number of carboxylic acid groups (broad SMARTS) is 2. The summed E-state index contributed by atoms with van der Waals surface area (Å²) < 4.78 is 0. The number of likely N-dealkylation sites (tertiary alicyclic amines) is 1. The molecule has 0 unspecified atom stereocenters. The number of hydrogen-bond acceptors (Lipinski definition) is 28. The number of carboxylic acids is 2. The molecule has 1 aliphatic rings. The van der Waals surface area contributed by atoms with E-state index in [-0.39, 0.29) is 131 Å². The number of rotatable bonds is 56. The van der Waals surface area contributed by atoms with E-state index < -0.39 is 231 Å². The Balaban J connectivity index is 3.39. The summed E-state index contributed by atoms with van der Waals surface area (Å²) >= 11 is 10.6. The average molecular weight is 1700 g/mol. The van der Waals surface area contributed by atoms with Gasteiger partial charge in [-0.25, -0.2) is 0 Å². The standard InChI is InChI=1S/C63H111N25O22S4/c1-30(2)48(87-56(106)37(22-46(95)96)84-51(101)32(10-6-16-72-62(67)68)81-58(108)40(29-112)78-42(90)23-64)60(110)88-18-8-12-41(88)59(109)83-35(14-20-114-4)54(104)85-38(27-89)57(107)82-34(13-19-113-3)53(103)79-31(9-5-15-71-61(65)66)49(99)75-24-43(91)74-25-44(92)77-36(21-45(93)94)55(105)80-33(11-7-17-73-63(69)70)52(102)86-39(28-111)50(100)76-26-47(97)98/h30-41,47-48,89,97-98,111-112H,5-29,64H2,1-4H3,(H,74,91)(H,75,99)(H,76,100)(H,77,92)(H,78,90)(H,79,103)(H,80,105)(H,81,108)(H,82,107)(H,83,109)(H,84,101)(H,85,104)(H,86,102)(H,87,106)(H,93,94)(H,95,96)(H4,65,66,71)(H4,67,68,72)(H4,69,70,73)/t31-,32-,33-,34-,35-,36-,37-,38-,39-,40-,41-,48-/m0/s1. The van der Waals surface area contributed by atoms with E-state index in [2.05, 4.69) is 115 Å². The van der Waals surface area contributed by atoms with Crippen LogP contribution in [-0.4, -0.2) is 322 Å². The van der Waals surface area contributed by atoms with Crippen molar-refractivity contribution in [1.82, 2.24) is 79.3 Å². The second-order valence-corrected chi connectivity index (χ2v) is 28.4. The summed E-state index contributed by atoms with van der Waals surface area (Å²) in [6, 6.07) is -18.4. The highest BCUT2D eigenvalue weighted by Crippen LogP contribution is 2.22. The lowest BCUT2D eigenvalue weighted by Crippen LogP contribution is -2.61. The largest absolute Gasteiger partial charge is 0.481 e. The molecular weight excluding hydrogens is 1590 g/mol. The fourth-order valence-electron chi connectivity index (χ4n) is 10.4. The molecule has 0 saturated carbocycles. The molecule has 0 aromatic rings. The number of guanidine groups is 3. The number of carbonyl (C=O) groups is 17. The molecule has 0 radical (unpaired) electrons. The van der Waals surface area contributed by atoms with Gasteiger partial charge in [0.2, 0.25) is 88.6 Å². The third-order valence-electron chi connectivity index (χ3n) is 16.3. The Kier molecular flexibility index (Phi) is 49.7. The monoisotopic (exact) mass is 1700 g/mol. The zero-order chi connectivity index (χ0) is 86.3. The topological polar surface area (TPSA) is 782 Å². The predicted molar refractivity (Wildman–Crippen MR) is 422 cm³/mol. The first kappa shape index (κ1) is 102. The Hall–Kier alpha value is -9.96. The van der Waals surface area contributed by atoms with Gasteiger partial charge in [0.1, 0.15) is 72.5 Å². The van der Waals surface area contributed by atoms with E-state index in [1.165, 1.54) is 37.4 Å². The number of aliphatic hydroxyl groups is 3. The van der Waals surface area contributed by atoms with E-state index in [9.17, 15) is 96.8 Å². The molecule has 1 rings (SSSR count). The van der Waals surface area contributed by atoms with Crippen molar-refractivity contribution in [3.8, 4) is 0 Å². The number of aliphatic hydroxyl groups excluding tert-OH is 2. The van der Waals surface area contributed by atoms with Crippen LogP contribution in [0.15, 0.2) is 15.0 Å². The summed E-state index contributed by atoms with van der Waals surface area (Å²) in [5, 5.41) is 81.4. The summed E-state index contributed by atoms with van der Waals surface area (Å²) in [6.07, 6.45) is -1.05. The minimum Gasteiger partial charge on any atom is -0.481 e. The lowest BCUT2D eigenvalue weighted by molar-refractivity contribution is -0.144. The van der Waals surface area contributed by atoms with Crippen LogP contribution >= 0.6 is 48.8 Å². The quantitative estimate of drug-likeness (QED) is 0.00884. The van der Waals surface area contributed by atoms with Gasteiger partial charge in [0.25, 0.3) is 0 Å². The van der Waals surface area contributed by atoms with Gasteiger partial charge in [-0.3, -0.25) is 96.5 Å². The van der Waals surface area contributed by atoms with Crippen LogP contribution in [-0.2, 0) is 81.5 Å². The van der Waals surface area contributed by atoms with Crippen LogP contribution < -0.4 is 115 Å². The minimum absolute atomic E-state index is 0.0267. The van der Waals surface area contributed by atoms with Crippen molar-refractivity contribution in [2.75, 3.05) is 94.5 Å². The number of hydrogen-bond donors (Lipinski definition) is 28. The molecular formula is C63H111N25O22S4. The summed E-state index contributed by atoms with van der Waals surface area (Å²) in [6.45, 7) is -1.10. The highest BCUT2D eigenvalue weighted by atomic mass is 32.2. The summed E-state index contributed by atoms with van der Waals surface area (Å²) in [7, 11) is 0. The molecule has 1 saturated heterocycles. The van der Waals surface area contributed by atoms with Gasteiger partial charge in [0.15, 0.2) is 24.2 Å². The van der Waals surface area contributed by atoms with E-state index in [1.807, 2.05) is 0 Å². The first-order valence-corrected chi connectivity index (χ1v) is 39.7. The van der Waals surface area contributed by atoms with E-state index >= 15 is 0 Å². The average Bonchev–Trinajstić information content (AvgIpc) is 1.64. The summed E-state index contributed by atoms with van der Waals surface area (Å²) in [5.74, 6) is -19.8. The molecule has 114 heavy (non-hydrogen) atoms. The third kappa shape index (κ3) is 40.7. The normalized spacial score (nSPS) is 15.2. The fraction of sp³-hybridized carbons (Fsp3) is 0.683. The molecule has 0 aromatic carbocycles. The van der Waals surface area contributed by atoms with Crippen molar-refractivity contribution in [3.05, 3.63) is 0 Å². The maximum atomic E-state index is 14.5. The molecule has 1 heterocycles. The van der Waals surface area contributed by atoms with E-state index in [1.54, 1.807) is 12.5 Å². The Bertz CT molecular complexity index is 3350. The summed E-state index contributed by atoms with van der Waals surface area (Å²) in [4.78, 5) is 241. The van der Waals surface area contributed by atoms with Gasteiger partial charge < -0.3 is 145 Å². The van der Waals surface area contributed by atoms with Gasteiger partial charge in [0, 0.05) is 37.7 Å². The fourth-order valence-corrected chi connectivity index (χ4v) is 11.9. The smallest absolute Gasteiger partial charge is 0.305 e. The Morgan fingerprint density at radius 1 is 0.456 bits per heavy atom. The molecule has 644 valence electrons. The van der Waals surface area contributed by atoms with Crippen molar-refractivity contribution in [1.29, 1.82) is 0 Å². The molecule has 33 N–H and O–H groups in total. The van der Waals surface area contributed by atoms with Crippen LogP contribution in [0, 0.1) is 5.92 Å². The lowest BCUT2D eigenvalue weighted by atomic mass is 10.0. The van der Waals surface area contributed by atoms with Crippen LogP contribution in [0.2, 0.25) is 0 Å². The second kappa shape index (κ2) is 55.5. The van der Waals surface area contributed by atoms with Gasteiger partial charge in [-0.2, -0.15) is 48.8 Å². The Labute approximate surface area is 675 Å². The van der Waals surface area contributed by atoms with Crippen LogP contribution in [0.3, 0.4) is 0 Å². The van der Waals surface area contributed by atoms with Gasteiger partial charge in [0.05, 0.1) is 45.6 Å². The van der Waals surface area contributed by atoms with Gasteiger partial charge in [-0.15, -0.1) is 0 Å². The number of amides is 15. The molecule has 12 atom stereocenters. The van der Waals surface area contributed by atoms with Crippen LogP contribution in [0.1, 0.15) is 90.9 Å². The number of aliphatic carboxylic acids is 2. The number of thioether (sulfide) groups is 2. The molecule has 0 aliphatic carbocycles. The number of thiol groups is 2. The first-order chi connectivity index (χ1) is 53.8. The van der Waals surface area contributed by atoms with E-state index in [0.717, 1.165) is 4.90 Å². The Morgan fingerprint density at radius 3 is 1.24 bits per heavy atom. The van der Waals surface area contributed by atoms with E-state index in [4.69, 9.17) is 50.3 Å². The lowest BCUT2D eigenvalue weighted by Gasteiger charge is -2.32. The maximum Gasteiger partial charge on any atom is 0.305 e. The number of nitrogens with one attached hydrogen (secondary N) is 14. The van der Waals surface area contributed by atoms with Gasteiger partial charge >= 0.3 is 11.9 Å². The van der Waals surface area contributed by atoms with Crippen LogP contribution in [0.4, 0.5) is 0 Å². The molecule has 51 heteroatoms. The second-order valence-electron chi connectivity index (χ2n) is 25.7. The molecule has 0 bridgehead atoms. The molecule has 0 spiro atoms. The van der Waals surface area contributed by atoms with Crippen molar-refractivity contribution < 1.29 is 107 Å². The number of nitrogens with two attached hydrogens (primary N) is 7. The number of nitrogens with zero attached hydrogens (tertiary/aromatic N) is 4. The van der Waals surface area contributed by atoms with Crippen molar-refractivity contribution in [3.63, 3.8) is 0 Å². The molecule has 15 amide bonds. The van der Waals surface area contributed by atoms with Gasteiger partial charge in [-0.05, 0) is 94.1 Å². The predicted octanol–water partition coefficient (Wildman–Crippen LogP) is -12.9. The van der Waals surface area contributed by atoms with Gasteiger partial charge in [-0.1, -0.05) is 13.8 Å². The number of carbonyl (C=O) groups excluding carboxylic acids is 15. The van der Waals surface area contributed by atoms with Crippen molar-refractivity contribution in [2.24, 2.45) is 61.0 Å². The molecule has 0 aromatic heterocycles. The minimum atomic E-state index is -1.94.